The van der Waals surface area contributed by atoms with Crippen molar-refractivity contribution in [3.05, 3.63) is 0 Å². The largest absolute Gasteiger partial charge is 0.330 e. The van der Waals surface area contributed by atoms with Gasteiger partial charge in [0.25, 0.3) is 10.2 Å². The van der Waals surface area contributed by atoms with Gasteiger partial charge in [-0.05, 0) is 44.6 Å². The van der Waals surface area contributed by atoms with Crippen LogP contribution in [0.3, 0.4) is 0 Å². The van der Waals surface area contributed by atoms with E-state index in [0.717, 1.165) is 44.9 Å². The van der Waals surface area contributed by atoms with Crippen LogP contribution < -0.4 is 5.73 Å². The Morgan fingerprint density at radius 3 is 2.48 bits per heavy atom. The molecular weight excluding hydrogens is 286 g/mol. The van der Waals surface area contributed by atoms with Crippen LogP contribution in [0.5, 0.6) is 0 Å². The predicted octanol–water partition coefficient (Wildman–Crippen LogP) is 1.95. The van der Waals surface area contributed by atoms with Gasteiger partial charge in [-0.1, -0.05) is 26.2 Å². The van der Waals surface area contributed by atoms with Crippen molar-refractivity contribution >= 4 is 10.2 Å². The minimum Gasteiger partial charge on any atom is -0.330 e. The first kappa shape index (κ1) is 17.2. The maximum Gasteiger partial charge on any atom is 0.282 e. The smallest absolute Gasteiger partial charge is 0.282 e. The topological polar surface area (TPSA) is 66.6 Å². The van der Waals surface area contributed by atoms with Crippen LogP contribution in [-0.2, 0) is 10.2 Å². The lowest BCUT2D eigenvalue weighted by molar-refractivity contribution is 0.212. The fourth-order valence-electron chi connectivity index (χ4n) is 3.61. The molecule has 0 radical (unpaired) electrons. The average molecular weight is 317 g/mol. The minimum absolute atomic E-state index is 0.188. The van der Waals surface area contributed by atoms with E-state index in [9.17, 15) is 8.42 Å². The molecule has 1 saturated carbocycles. The number of nitrogens with zero attached hydrogens (tertiary/aromatic N) is 2. The van der Waals surface area contributed by atoms with Crippen molar-refractivity contribution < 1.29 is 8.42 Å². The van der Waals surface area contributed by atoms with Crippen LogP contribution in [0.25, 0.3) is 0 Å². The van der Waals surface area contributed by atoms with Gasteiger partial charge in [-0.2, -0.15) is 17.0 Å². The van der Waals surface area contributed by atoms with Gasteiger partial charge in [-0.3, -0.25) is 0 Å². The molecule has 0 spiro atoms. The highest BCUT2D eigenvalue weighted by atomic mass is 32.2. The number of rotatable bonds is 6. The molecule has 0 aromatic heterocycles. The lowest BCUT2D eigenvalue weighted by Crippen LogP contribution is -2.52. The molecule has 1 saturated heterocycles. The molecule has 124 valence electrons. The summed E-state index contributed by atoms with van der Waals surface area (Å²) in [4.78, 5) is 0. The lowest BCUT2D eigenvalue weighted by atomic mass is 9.95. The molecule has 1 heterocycles. The molecule has 6 heteroatoms. The summed E-state index contributed by atoms with van der Waals surface area (Å²) in [5.41, 5.74) is 5.62. The highest BCUT2D eigenvalue weighted by molar-refractivity contribution is 7.86. The maximum atomic E-state index is 13.0. The summed E-state index contributed by atoms with van der Waals surface area (Å²) in [5.74, 6) is 0.469. The van der Waals surface area contributed by atoms with Gasteiger partial charge in [0, 0.05) is 25.7 Å². The molecule has 1 atom stereocenters. The number of hydrogen-bond donors (Lipinski definition) is 1. The quantitative estimate of drug-likeness (QED) is 0.814. The molecule has 2 fully saturated rings. The fraction of sp³-hybridized carbons (Fsp3) is 1.00. The van der Waals surface area contributed by atoms with Gasteiger partial charge in [0.15, 0.2) is 0 Å². The number of nitrogens with two attached hydrogens (primary N) is 1. The van der Waals surface area contributed by atoms with Crippen molar-refractivity contribution in [2.75, 3.05) is 26.2 Å². The zero-order chi connectivity index (χ0) is 15.3. The predicted molar refractivity (Wildman–Crippen MR) is 86.1 cm³/mol. The van der Waals surface area contributed by atoms with E-state index in [0.29, 0.717) is 32.1 Å². The van der Waals surface area contributed by atoms with Crippen LogP contribution in [0.2, 0.25) is 0 Å². The van der Waals surface area contributed by atoms with Crippen molar-refractivity contribution in [1.82, 2.24) is 8.61 Å². The average Bonchev–Trinajstić information content (AvgIpc) is 2.48. The van der Waals surface area contributed by atoms with E-state index in [1.54, 1.807) is 8.61 Å². The van der Waals surface area contributed by atoms with Crippen LogP contribution in [0.4, 0.5) is 0 Å². The molecule has 21 heavy (non-hydrogen) atoms. The first-order chi connectivity index (χ1) is 10.1. The van der Waals surface area contributed by atoms with Crippen LogP contribution in [0.1, 0.15) is 58.3 Å². The third-order valence-corrected chi connectivity index (χ3v) is 6.86. The molecule has 0 aromatic rings. The lowest BCUT2D eigenvalue weighted by Gasteiger charge is -2.39. The second kappa shape index (κ2) is 7.90. The maximum absolute atomic E-state index is 13.0. The molecule has 1 aliphatic heterocycles. The minimum atomic E-state index is -3.32. The van der Waals surface area contributed by atoms with Gasteiger partial charge in [-0.15, -0.1) is 0 Å². The van der Waals surface area contributed by atoms with Crippen molar-refractivity contribution in [3.8, 4) is 0 Å². The van der Waals surface area contributed by atoms with Crippen LogP contribution in [-0.4, -0.2) is 49.2 Å². The van der Waals surface area contributed by atoms with Gasteiger partial charge in [-0.25, -0.2) is 0 Å². The Labute approximate surface area is 130 Å². The Hall–Kier alpha value is -0.170. The van der Waals surface area contributed by atoms with E-state index in [4.69, 9.17) is 5.73 Å². The van der Waals surface area contributed by atoms with E-state index in [2.05, 4.69) is 6.92 Å². The number of piperidine rings is 1. The van der Waals surface area contributed by atoms with Crippen molar-refractivity contribution in [2.24, 2.45) is 11.7 Å². The third-order valence-electron chi connectivity index (χ3n) is 4.81. The second-order valence-corrected chi connectivity index (χ2v) is 8.54. The molecular formula is C15H31N3O2S. The van der Waals surface area contributed by atoms with Crippen molar-refractivity contribution in [2.45, 2.75) is 64.3 Å². The summed E-state index contributed by atoms with van der Waals surface area (Å²) in [6.45, 7) is 4.63. The van der Waals surface area contributed by atoms with E-state index in [1.807, 2.05) is 0 Å². The SMILES string of the molecule is CC1CCCN(S(=O)(=O)N(CCCN)C2CCCCC2)C1. The number of hydrogen-bond acceptors (Lipinski definition) is 3. The molecule has 0 aromatic carbocycles. The first-order valence-corrected chi connectivity index (χ1v) is 9.92. The van der Waals surface area contributed by atoms with Crippen LogP contribution in [0, 0.1) is 5.92 Å². The van der Waals surface area contributed by atoms with Gasteiger partial charge in [0.1, 0.15) is 0 Å². The Morgan fingerprint density at radius 2 is 1.86 bits per heavy atom. The molecule has 2 N–H and O–H groups in total. The summed E-state index contributed by atoms with van der Waals surface area (Å²) < 4.78 is 29.6. The van der Waals surface area contributed by atoms with Crippen LogP contribution in [0.15, 0.2) is 0 Å². The van der Waals surface area contributed by atoms with Gasteiger partial charge in [0.05, 0.1) is 0 Å². The molecule has 5 nitrogen and oxygen atoms in total. The normalized spacial score (nSPS) is 26.3. The molecule has 2 rings (SSSR count). The standard InChI is InChI=1S/C15H31N3O2S/c1-14-7-5-11-17(13-14)21(19,20)18(12-6-10-16)15-8-3-2-4-9-15/h14-15H,2-13,16H2,1H3. The molecule has 2 aliphatic rings. The van der Waals surface area contributed by atoms with E-state index < -0.39 is 10.2 Å². The van der Waals surface area contributed by atoms with E-state index >= 15 is 0 Å². The Balaban J connectivity index is 2.12. The Bertz CT molecular complexity index is 407. The van der Waals surface area contributed by atoms with Crippen LogP contribution >= 0.6 is 0 Å². The molecule has 1 unspecified atom stereocenters. The zero-order valence-electron chi connectivity index (χ0n) is 13.3. The first-order valence-electron chi connectivity index (χ1n) is 8.52. The highest BCUT2D eigenvalue weighted by Gasteiger charge is 2.36. The summed E-state index contributed by atoms with van der Waals surface area (Å²) >= 11 is 0. The Morgan fingerprint density at radius 1 is 1.14 bits per heavy atom. The van der Waals surface area contributed by atoms with Gasteiger partial charge < -0.3 is 5.73 Å². The van der Waals surface area contributed by atoms with Crippen molar-refractivity contribution in [3.63, 3.8) is 0 Å². The second-order valence-electron chi connectivity index (χ2n) is 6.66. The Kier molecular flexibility index (Phi) is 6.47. The summed E-state index contributed by atoms with van der Waals surface area (Å²) in [6.07, 6.45) is 8.42. The fourth-order valence-corrected chi connectivity index (χ4v) is 5.65. The zero-order valence-corrected chi connectivity index (χ0v) is 14.2. The van der Waals surface area contributed by atoms with Crippen molar-refractivity contribution in [1.29, 1.82) is 0 Å². The van der Waals surface area contributed by atoms with E-state index in [1.165, 1.54) is 6.42 Å². The van der Waals surface area contributed by atoms with Gasteiger partial charge in [0.2, 0.25) is 0 Å². The van der Waals surface area contributed by atoms with E-state index in [-0.39, 0.29) is 6.04 Å². The summed E-state index contributed by atoms with van der Waals surface area (Å²) in [5, 5.41) is 0. The monoisotopic (exact) mass is 317 g/mol. The third kappa shape index (κ3) is 4.41. The summed E-state index contributed by atoms with van der Waals surface area (Å²) in [6, 6.07) is 0.188. The van der Waals surface area contributed by atoms with Gasteiger partial charge >= 0.3 is 0 Å². The molecule has 0 amide bonds. The highest BCUT2D eigenvalue weighted by Crippen LogP contribution is 2.28. The molecule has 0 bridgehead atoms. The summed E-state index contributed by atoms with van der Waals surface area (Å²) in [7, 11) is -3.32. The molecule has 1 aliphatic carbocycles.